The van der Waals surface area contributed by atoms with E-state index in [1.54, 1.807) is 0 Å². The van der Waals surface area contributed by atoms with Crippen molar-refractivity contribution >= 4 is 28.1 Å². The quantitative estimate of drug-likeness (QED) is 0.450. The Bertz CT molecular complexity index is 1260. The minimum Gasteiger partial charge on any atom is -0.492 e. The van der Waals surface area contributed by atoms with Gasteiger partial charge in [-0.15, -0.1) is 0 Å². The first-order valence-electron chi connectivity index (χ1n) is 14.6. The summed E-state index contributed by atoms with van der Waals surface area (Å²) in [4.78, 5) is 20.8. The number of likely N-dealkylation sites (tertiary alicyclic amines) is 1. The van der Waals surface area contributed by atoms with Crippen molar-refractivity contribution in [1.82, 2.24) is 9.80 Å². The predicted molar refractivity (Wildman–Crippen MR) is 157 cm³/mol. The summed E-state index contributed by atoms with van der Waals surface area (Å²) in [5.41, 5.74) is 2.62. The van der Waals surface area contributed by atoms with Crippen LogP contribution in [0.5, 0.6) is 5.75 Å². The monoisotopic (exact) mass is 528 g/mol. The van der Waals surface area contributed by atoms with E-state index in [1.807, 2.05) is 48.5 Å². The first-order valence-corrected chi connectivity index (χ1v) is 14.6. The largest absolute Gasteiger partial charge is 0.492 e. The van der Waals surface area contributed by atoms with E-state index in [0.29, 0.717) is 12.2 Å². The lowest BCUT2D eigenvalue weighted by molar-refractivity contribution is 0.0323. The lowest BCUT2D eigenvalue weighted by atomic mass is 10.0. The minimum absolute atomic E-state index is 0.0880. The molecule has 3 saturated heterocycles. The molecule has 3 fully saturated rings. The van der Waals surface area contributed by atoms with Gasteiger partial charge in [-0.1, -0.05) is 30.3 Å². The van der Waals surface area contributed by atoms with Crippen molar-refractivity contribution < 1.29 is 14.3 Å². The van der Waals surface area contributed by atoms with Crippen LogP contribution in [0, 0.1) is 0 Å². The van der Waals surface area contributed by atoms with Gasteiger partial charge in [0.05, 0.1) is 13.2 Å². The number of carbonyl (C=O) groups excluding carboxylic acids is 1. The zero-order chi connectivity index (χ0) is 26.4. The van der Waals surface area contributed by atoms with E-state index in [1.165, 1.54) is 38.8 Å². The molecule has 3 heterocycles. The summed E-state index contributed by atoms with van der Waals surface area (Å²) < 4.78 is 11.6. The Morgan fingerprint density at radius 2 is 1.64 bits per heavy atom. The molecule has 3 aliphatic rings. The standard InChI is InChI=1S/C32H40N4O3/c37-32(25-6-5-7-27(24-25)36-16-12-26(13-17-36)35-14-3-4-15-35)33-30-10-11-31(29-9-2-1-8-28(29)30)39-23-20-34-18-21-38-22-19-34/h1-2,5-11,24,26H,3-4,12-23H2,(H,33,37). The molecule has 7 nitrogen and oxygen atoms in total. The first-order chi connectivity index (χ1) is 19.2. The number of carbonyl (C=O) groups is 1. The third kappa shape index (κ3) is 6.21. The van der Waals surface area contributed by atoms with Crippen molar-refractivity contribution in [3.8, 4) is 5.75 Å². The van der Waals surface area contributed by atoms with Crippen LogP contribution in [-0.4, -0.2) is 87.4 Å². The van der Waals surface area contributed by atoms with Gasteiger partial charge in [-0.05, 0) is 69.1 Å². The van der Waals surface area contributed by atoms with Crippen molar-refractivity contribution in [3.05, 3.63) is 66.2 Å². The zero-order valence-corrected chi connectivity index (χ0v) is 22.8. The second kappa shape index (κ2) is 12.4. The van der Waals surface area contributed by atoms with Gasteiger partial charge in [0, 0.05) is 66.5 Å². The molecule has 0 spiro atoms. The fourth-order valence-corrected chi connectivity index (χ4v) is 6.25. The highest BCUT2D eigenvalue weighted by atomic mass is 16.5. The van der Waals surface area contributed by atoms with Crippen LogP contribution in [0.3, 0.4) is 0 Å². The van der Waals surface area contributed by atoms with Crippen molar-refractivity contribution in [2.75, 3.05) is 75.9 Å². The molecule has 206 valence electrons. The lowest BCUT2D eigenvalue weighted by Gasteiger charge is -2.37. The Hall–Kier alpha value is -3.13. The molecule has 0 unspecified atom stereocenters. The number of anilines is 2. The maximum Gasteiger partial charge on any atom is 0.255 e. The van der Waals surface area contributed by atoms with Crippen LogP contribution in [0.4, 0.5) is 11.4 Å². The Kier molecular flexibility index (Phi) is 8.28. The lowest BCUT2D eigenvalue weighted by Crippen LogP contribution is -2.43. The Labute approximate surface area is 231 Å². The highest BCUT2D eigenvalue weighted by Gasteiger charge is 2.26. The molecule has 1 N–H and O–H groups in total. The number of fused-ring (bicyclic) bond motifs is 1. The van der Waals surface area contributed by atoms with Gasteiger partial charge >= 0.3 is 0 Å². The number of benzene rings is 3. The van der Waals surface area contributed by atoms with E-state index in [9.17, 15) is 4.79 Å². The summed E-state index contributed by atoms with van der Waals surface area (Å²) in [7, 11) is 0. The SMILES string of the molecule is O=C(Nc1ccc(OCCN2CCOCC2)c2ccccc12)c1cccc(N2CCC(N3CCCC3)CC2)c1. The van der Waals surface area contributed by atoms with Gasteiger partial charge in [-0.3, -0.25) is 9.69 Å². The normalized spacial score (nSPS) is 19.4. The van der Waals surface area contributed by atoms with Crippen molar-refractivity contribution in [3.63, 3.8) is 0 Å². The summed E-state index contributed by atoms with van der Waals surface area (Å²) >= 11 is 0. The summed E-state index contributed by atoms with van der Waals surface area (Å²) in [5.74, 6) is 0.756. The number of ether oxygens (including phenoxy) is 2. The van der Waals surface area contributed by atoms with E-state index in [0.717, 1.165) is 79.9 Å². The van der Waals surface area contributed by atoms with Gasteiger partial charge in [0.15, 0.2) is 0 Å². The molecule has 0 radical (unpaired) electrons. The second-order valence-corrected chi connectivity index (χ2v) is 10.9. The third-order valence-corrected chi connectivity index (χ3v) is 8.50. The van der Waals surface area contributed by atoms with E-state index in [2.05, 4.69) is 32.1 Å². The van der Waals surface area contributed by atoms with Crippen LogP contribution < -0.4 is 15.0 Å². The van der Waals surface area contributed by atoms with Crippen molar-refractivity contribution in [2.45, 2.75) is 31.7 Å². The van der Waals surface area contributed by atoms with Gasteiger partial charge in [-0.25, -0.2) is 0 Å². The van der Waals surface area contributed by atoms with Crippen LogP contribution in [-0.2, 0) is 4.74 Å². The number of hydrogen-bond donors (Lipinski definition) is 1. The van der Waals surface area contributed by atoms with Crippen LogP contribution in [0.15, 0.2) is 60.7 Å². The third-order valence-electron chi connectivity index (χ3n) is 8.50. The molecule has 39 heavy (non-hydrogen) atoms. The van der Waals surface area contributed by atoms with Crippen molar-refractivity contribution in [1.29, 1.82) is 0 Å². The maximum absolute atomic E-state index is 13.4. The molecule has 3 aromatic rings. The number of amides is 1. The summed E-state index contributed by atoms with van der Waals surface area (Å²) in [6.45, 7) is 9.59. The molecule has 3 aliphatic heterocycles. The minimum atomic E-state index is -0.0880. The van der Waals surface area contributed by atoms with Gasteiger partial charge < -0.3 is 24.6 Å². The second-order valence-electron chi connectivity index (χ2n) is 10.9. The average Bonchev–Trinajstić information content (AvgIpc) is 3.54. The average molecular weight is 529 g/mol. The molecular formula is C32H40N4O3. The first kappa shape index (κ1) is 26.1. The number of piperidine rings is 1. The maximum atomic E-state index is 13.4. The zero-order valence-electron chi connectivity index (χ0n) is 22.8. The smallest absolute Gasteiger partial charge is 0.255 e. The number of hydrogen-bond acceptors (Lipinski definition) is 6. The molecule has 3 aromatic carbocycles. The van der Waals surface area contributed by atoms with Crippen LogP contribution in [0.25, 0.3) is 10.8 Å². The summed E-state index contributed by atoms with van der Waals surface area (Å²) in [5, 5.41) is 5.16. The van der Waals surface area contributed by atoms with Crippen molar-refractivity contribution in [2.24, 2.45) is 0 Å². The number of rotatable bonds is 8. The molecule has 6 rings (SSSR count). The van der Waals surface area contributed by atoms with Gasteiger partial charge in [0.1, 0.15) is 12.4 Å². The number of nitrogens with one attached hydrogen (secondary N) is 1. The van der Waals surface area contributed by atoms with Gasteiger partial charge in [-0.2, -0.15) is 0 Å². The molecule has 1 amide bonds. The highest BCUT2D eigenvalue weighted by Crippen LogP contribution is 2.32. The summed E-state index contributed by atoms with van der Waals surface area (Å²) in [6, 6.07) is 20.8. The van der Waals surface area contributed by atoms with E-state index >= 15 is 0 Å². The van der Waals surface area contributed by atoms with E-state index in [4.69, 9.17) is 9.47 Å². The molecule has 0 aliphatic carbocycles. The van der Waals surface area contributed by atoms with Gasteiger partial charge in [0.2, 0.25) is 0 Å². The summed E-state index contributed by atoms with van der Waals surface area (Å²) in [6.07, 6.45) is 5.08. The molecule has 0 aromatic heterocycles. The van der Waals surface area contributed by atoms with Crippen LogP contribution in [0.2, 0.25) is 0 Å². The Morgan fingerprint density at radius 1 is 0.872 bits per heavy atom. The van der Waals surface area contributed by atoms with Crippen LogP contribution >= 0.6 is 0 Å². The molecule has 0 atom stereocenters. The van der Waals surface area contributed by atoms with E-state index in [-0.39, 0.29) is 5.91 Å². The fourth-order valence-electron chi connectivity index (χ4n) is 6.25. The number of nitrogens with zero attached hydrogens (tertiary/aromatic N) is 3. The molecule has 0 bridgehead atoms. The molecule has 0 saturated carbocycles. The van der Waals surface area contributed by atoms with Gasteiger partial charge in [0.25, 0.3) is 5.91 Å². The molecular weight excluding hydrogens is 488 g/mol. The topological polar surface area (TPSA) is 57.3 Å². The highest BCUT2D eigenvalue weighted by molar-refractivity contribution is 6.10. The fraction of sp³-hybridized carbons (Fsp3) is 0.469. The van der Waals surface area contributed by atoms with Crippen LogP contribution in [0.1, 0.15) is 36.0 Å². The Balaban J connectivity index is 1.10. The van der Waals surface area contributed by atoms with E-state index < -0.39 is 0 Å². The Morgan fingerprint density at radius 3 is 2.44 bits per heavy atom. The molecule has 7 heteroatoms. The number of morpholine rings is 1. The predicted octanol–water partition coefficient (Wildman–Crippen LogP) is 4.87.